The van der Waals surface area contributed by atoms with Crippen molar-refractivity contribution in [3.05, 3.63) is 0 Å². The fourth-order valence-corrected chi connectivity index (χ4v) is 1.75. The second-order valence-electron chi connectivity index (χ2n) is 3.46. The summed E-state index contributed by atoms with van der Waals surface area (Å²) >= 11 is 0. The Morgan fingerprint density at radius 3 is 2.42 bits per heavy atom. The molecule has 0 radical (unpaired) electrons. The summed E-state index contributed by atoms with van der Waals surface area (Å²) in [5.41, 5.74) is 0. The molecule has 1 fully saturated rings. The molecule has 0 amide bonds. The molecule has 0 bridgehead atoms. The van der Waals surface area contributed by atoms with Crippen LogP contribution >= 0.6 is 0 Å². The minimum absolute atomic E-state index is 0.0718. The number of carbonyl (C=O) groups is 1. The largest absolute Gasteiger partial charge is 0.295 e. The summed E-state index contributed by atoms with van der Waals surface area (Å²) in [6, 6.07) is 0. The number of alkyl halides is 2. The summed E-state index contributed by atoms with van der Waals surface area (Å²) in [7, 11) is 0. The van der Waals surface area contributed by atoms with Gasteiger partial charge >= 0.3 is 0 Å². The molecule has 0 aromatic rings. The minimum atomic E-state index is -2.76. The van der Waals surface area contributed by atoms with E-state index in [1.165, 1.54) is 12.8 Å². The van der Waals surface area contributed by atoms with Gasteiger partial charge in [-0.05, 0) is 12.3 Å². The molecule has 1 nitrogen and oxygen atoms in total. The van der Waals surface area contributed by atoms with Gasteiger partial charge in [0.1, 0.15) is 0 Å². The van der Waals surface area contributed by atoms with E-state index < -0.39 is 12.2 Å². The highest BCUT2D eigenvalue weighted by molar-refractivity contribution is 5.81. The molecule has 0 atom stereocenters. The molecule has 0 spiro atoms. The van der Waals surface area contributed by atoms with E-state index in [0.717, 1.165) is 12.8 Å². The highest BCUT2D eigenvalue weighted by Crippen LogP contribution is 2.28. The lowest BCUT2D eigenvalue weighted by Gasteiger charge is -2.06. The molecule has 1 aliphatic rings. The van der Waals surface area contributed by atoms with Gasteiger partial charge in [0.05, 0.1) is 0 Å². The van der Waals surface area contributed by atoms with Crippen LogP contribution in [0.5, 0.6) is 0 Å². The molecule has 1 rings (SSSR count). The third-order valence-electron chi connectivity index (χ3n) is 2.52. The molecule has 70 valence electrons. The standard InChI is InChI=1S/C9H14F2O/c10-9(11)8(12)6-5-7-3-1-2-4-7/h7,9H,1-6H2. The quantitative estimate of drug-likeness (QED) is 0.643. The highest BCUT2D eigenvalue weighted by atomic mass is 19.3. The Balaban J connectivity index is 2.12. The van der Waals surface area contributed by atoms with Crippen molar-refractivity contribution in [2.45, 2.75) is 45.0 Å². The number of Topliss-reactive ketones (excluding diaryl/α,β-unsaturated/α-hetero) is 1. The first kappa shape index (κ1) is 9.62. The number of ketones is 1. The lowest BCUT2D eigenvalue weighted by Crippen LogP contribution is -2.10. The number of hydrogen-bond donors (Lipinski definition) is 0. The van der Waals surface area contributed by atoms with Gasteiger partial charge in [0.25, 0.3) is 6.43 Å². The van der Waals surface area contributed by atoms with Crippen LogP contribution in [0, 0.1) is 5.92 Å². The van der Waals surface area contributed by atoms with Crippen molar-refractivity contribution in [2.75, 3.05) is 0 Å². The van der Waals surface area contributed by atoms with E-state index in [2.05, 4.69) is 0 Å². The molecule has 1 saturated carbocycles. The molecule has 0 heterocycles. The second-order valence-corrected chi connectivity index (χ2v) is 3.46. The summed E-state index contributed by atoms with van der Waals surface area (Å²) in [6.07, 6.45) is 2.63. The van der Waals surface area contributed by atoms with Gasteiger partial charge in [-0.3, -0.25) is 4.79 Å². The average molecular weight is 176 g/mol. The first-order valence-electron chi connectivity index (χ1n) is 4.51. The molecular weight excluding hydrogens is 162 g/mol. The Morgan fingerprint density at radius 2 is 1.92 bits per heavy atom. The predicted octanol–water partition coefficient (Wildman–Crippen LogP) is 2.79. The molecule has 0 aliphatic heterocycles. The van der Waals surface area contributed by atoms with Crippen molar-refractivity contribution in [3.63, 3.8) is 0 Å². The van der Waals surface area contributed by atoms with E-state index >= 15 is 0 Å². The Kier molecular flexibility index (Phi) is 3.63. The Morgan fingerprint density at radius 1 is 1.33 bits per heavy atom. The number of carbonyl (C=O) groups excluding carboxylic acids is 1. The molecular formula is C9H14F2O. The van der Waals surface area contributed by atoms with E-state index in [4.69, 9.17) is 0 Å². The van der Waals surface area contributed by atoms with Crippen LogP contribution in [0.2, 0.25) is 0 Å². The number of hydrogen-bond acceptors (Lipinski definition) is 1. The topological polar surface area (TPSA) is 17.1 Å². The van der Waals surface area contributed by atoms with E-state index in [0.29, 0.717) is 12.3 Å². The molecule has 0 unspecified atom stereocenters. The van der Waals surface area contributed by atoms with E-state index in [1.807, 2.05) is 0 Å². The summed E-state index contributed by atoms with van der Waals surface area (Å²) < 4.78 is 23.5. The highest BCUT2D eigenvalue weighted by Gasteiger charge is 2.19. The third kappa shape index (κ3) is 2.88. The van der Waals surface area contributed by atoms with Gasteiger partial charge < -0.3 is 0 Å². The molecule has 3 heteroatoms. The van der Waals surface area contributed by atoms with Crippen LogP contribution in [-0.2, 0) is 4.79 Å². The smallest absolute Gasteiger partial charge is 0.293 e. The maximum Gasteiger partial charge on any atom is 0.295 e. The van der Waals surface area contributed by atoms with Crippen molar-refractivity contribution in [1.29, 1.82) is 0 Å². The van der Waals surface area contributed by atoms with Crippen LogP contribution in [0.1, 0.15) is 38.5 Å². The molecule has 0 aromatic carbocycles. The molecule has 12 heavy (non-hydrogen) atoms. The molecule has 0 N–H and O–H groups in total. The van der Waals surface area contributed by atoms with E-state index in [9.17, 15) is 13.6 Å². The Bertz CT molecular complexity index is 151. The van der Waals surface area contributed by atoms with Crippen molar-refractivity contribution in [2.24, 2.45) is 5.92 Å². The van der Waals surface area contributed by atoms with E-state index in [1.54, 1.807) is 0 Å². The first-order chi connectivity index (χ1) is 5.70. The second kappa shape index (κ2) is 4.53. The number of rotatable bonds is 4. The maximum absolute atomic E-state index is 11.8. The van der Waals surface area contributed by atoms with Crippen LogP contribution in [0.15, 0.2) is 0 Å². The summed E-state index contributed by atoms with van der Waals surface area (Å²) in [5.74, 6) is -0.352. The lowest BCUT2D eigenvalue weighted by atomic mass is 10.0. The SMILES string of the molecule is O=C(CCC1CCCC1)C(F)F. The minimum Gasteiger partial charge on any atom is -0.293 e. The lowest BCUT2D eigenvalue weighted by molar-refractivity contribution is -0.129. The molecule has 0 aromatic heterocycles. The summed E-state index contributed by atoms with van der Waals surface area (Å²) in [4.78, 5) is 10.5. The van der Waals surface area contributed by atoms with Crippen molar-refractivity contribution >= 4 is 5.78 Å². The third-order valence-corrected chi connectivity index (χ3v) is 2.52. The Labute approximate surface area is 71.1 Å². The first-order valence-corrected chi connectivity index (χ1v) is 4.51. The van der Waals surface area contributed by atoms with Crippen LogP contribution in [-0.4, -0.2) is 12.2 Å². The van der Waals surface area contributed by atoms with Gasteiger partial charge in [-0.15, -0.1) is 0 Å². The van der Waals surface area contributed by atoms with Gasteiger partial charge in [-0.1, -0.05) is 25.7 Å². The van der Waals surface area contributed by atoms with Crippen LogP contribution < -0.4 is 0 Å². The predicted molar refractivity (Wildman–Crippen MR) is 42.2 cm³/mol. The van der Waals surface area contributed by atoms with E-state index in [-0.39, 0.29) is 6.42 Å². The van der Waals surface area contributed by atoms with Gasteiger partial charge in [0.2, 0.25) is 0 Å². The van der Waals surface area contributed by atoms with Crippen molar-refractivity contribution < 1.29 is 13.6 Å². The van der Waals surface area contributed by atoms with Crippen LogP contribution in [0.25, 0.3) is 0 Å². The zero-order valence-electron chi connectivity index (χ0n) is 7.06. The molecule has 0 saturated heterocycles. The zero-order chi connectivity index (χ0) is 8.97. The van der Waals surface area contributed by atoms with Crippen molar-refractivity contribution in [3.8, 4) is 0 Å². The fraction of sp³-hybridized carbons (Fsp3) is 0.889. The zero-order valence-corrected chi connectivity index (χ0v) is 7.06. The monoisotopic (exact) mass is 176 g/mol. The van der Waals surface area contributed by atoms with Crippen molar-refractivity contribution in [1.82, 2.24) is 0 Å². The van der Waals surface area contributed by atoms with Gasteiger partial charge in [0, 0.05) is 6.42 Å². The van der Waals surface area contributed by atoms with Gasteiger partial charge in [-0.2, -0.15) is 0 Å². The summed E-state index contributed by atoms with van der Waals surface area (Å²) in [6.45, 7) is 0. The number of halogens is 2. The Hall–Kier alpha value is -0.470. The maximum atomic E-state index is 11.8. The summed E-state index contributed by atoms with van der Waals surface area (Å²) in [5, 5.41) is 0. The molecule has 1 aliphatic carbocycles. The average Bonchev–Trinajstić information content (AvgIpc) is 2.51. The van der Waals surface area contributed by atoms with Gasteiger partial charge in [-0.25, -0.2) is 8.78 Å². The van der Waals surface area contributed by atoms with Crippen LogP contribution in [0.3, 0.4) is 0 Å². The van der Waals surface area contributed by atoms with Crippen LogP contribution in [0.4, 0.5) is 8.78 Å². The van der Waals surface area contributed by atoms with Gasteiger partial charge in [0.15, 0.2) is 5.78 Å². The fourth-order valence-electron chi connectivity index (χ4n) is 1.75. The normalized spacial score (nSPS) is 18.9.